The lowest BCUT2D eigenvalue weighted by Crippen LogP contribution is -2.38. The van der Waals surface area contributed by atoms with Crippen molar-refractivity contribution in [1.29, 1.82) is 0 Å². The van der Waals surface area contributed by atoms with Gasteiger partial charge >= 0.3 is 0 Å². The zero-order chi connectivity index (χ0) is 18.0. The number of nitrogens with one attached hydrogen (secondary N) is 3. The van der Waals surface area contributed by atoms with Crippen molar-refractivity contribution in [1.82, 2.24) is 25.8 Å². The van der Waals surface area contributed by atoms with Crippen molar-refractivity contribution >= 4 is 29.9 Å². The maximum atomic E-state index is 5.31. The lowest BCUT2D eigenvalue weighted by Gasteiger charge is -2.11. The molecule has 0 amide bonds. The van der Waals surface area contributed by atoms with Crippen molar-refractivity contribution in [3.8, 4) is 11.6 Å². The quantitative estimate of drug-likeness (QED) is 0.217. The average molecular weight is 486 g/mol. The summed E-state index contributed by atoms with van der Waals surface area (Å²) in [6, 6.07) is 3.69. The molecule has 2 heterocycles. The molecule has 1 fully saturated rings. The van der Waals surface area contributed by atoms with Crippen LogP contribution in [-0.4, -0.2) is 40.8 Å². The third kappa shape index (κ3) is 7.15. The van der Waals surface area contributed by atoms with E-state index in [4.69, 9.17) is 4.42 Å². The highest BCUT2D eigenvalue weighted by molar-refractivity contribution is 14.0. The Morgan fingerprint density at radius 2 is 2.19 bits per heavy atom. The molecule has 1 aliphatic carbocycles. The van der Waals surface area contributed by atoms with Gasteiger partial charge in [-0.2, -0.15) is 5.10 Å². The van der Waals surface area contributed by atoms with Gasteiger partial charge in [-0.05, 0) is 37.8 Å². The van der Waals surface area contributed by atoms with Gasteiger partial charge in [0, 0.05) is 26.1 Å². The van der Waals surface area contributed by atoms with Crippen LogP contribution in [0.15, 0.2) is 27.8 Å². The fourth-order valence-electron chi connectivity index (χ4n) is 3.43. The van der Waals surface area contributed by atoms with Crippen LogP contribution >= 0.6 is 24.0 Å². The Balaban J connectivity index is 0.00000261. The summed E-state index contributed by atoms with van der Waals surface area (Å²) in [5.41, 5.74) is 0. The van der Waals surface area contributed by atoms with Crippen LogP contribution in [0.5, 0.6) is 0 Å². The standard InChI is InChI=1S/C19H30N6O.HI/c1-2-20-19(21-12-5-9-15-7-3-4-8-15)22-13-11-17-23-18(25-24-17)16-10-6-14-26-16;/h6,10,14-15H,2-5,7-9,11-13H2,1H3,(H2,20,21,22)(H,23,24,25);1H. The Hall–Kier alpha value is -1.58. The van der Waals surface area contributed by atoms with Crippen LogP contribution in [-0.2, 0) is 6.42 Å². The van der Waals surface area contributed by atoms with Crippen molar-refractivity contribution < 1.29 is 4.42 Å². The van der Waals surface area contributed by atoms with Gasteiger partial charge in [-0.25, -0.2) is 4.98 Å². The molecule has 7 nitrogen and oxygen atoms in total. The molecule has 0 radical (unpaired) electrons. The fraction of sp³-hybridized carbons (Fsp3) is 0.632. The van der Waals surface area contributed by atoms with Crippen molar-refractivity contribution in [3.63, 3.8) is 0 Å². The molecule has 1 aliphatic rings. The van der Waals surface area contributed by atoms with E-state index in [0.29, 0.717) is 11.6 Å². The Kier molecular flexibility index (Phi) is 9.65. The molecule has 0 aromatic carbocycles. The SMILES string of the molecule is CCNC(=NCCCC1CCCC1)NCCc1nc(-c2ccco2)n[nH]1.I. The van der Waals surface area contributed by atoms with Crippen molar-refractivity contribution in [2.45, 2.75) is 51.9 Å². The zero-order valence-electron chi connectivity index (χ0n) is 16.0. The highest BCUT2D eigenvalue weighted by Gasteiger charge is 2.14. The van der Waals surface area contributed by atoms with E-state index in [2.05, 4.69) is 37.7 Å². The molecule has 2 aromatic heterocycles. The Morgan fingerprint density at radius 3 is 2.93 bits per heavy atom. The van der Waals surface area contributed by atoms with Gasteiger partial charge in [-0.3, -0.25) is 10.1 Å². The largest absolute Gasteiger partial charge is 0.461 e. The van der Waals surface area contributed by atoms with E-state index < -0.39 is 0 Å². The van der Waals surface area contributed by atoms with Crippen molar-refractivity contribution in [2.24, 2.45) is 10.9 Å². The number of aromatic amines is 1. The molecule has 0 unspecified atom stereocenters. The van der Waals surface area contributed by atoms with Gasteiger partial charge in [0.25, 0.3) is 0 Å². The molecule has 0 bridgehead atoms. The second-order valence-corrected chi connectivity index (χ2v) is 6.81. The van der Waals surface area contributed by atoms with Gasteiger partial charge in [-0.15, -0.1) is 24.0 Å². The summed E-state index contributed by atoms with van der Waals surface area (Å²) in [6.07, 6.45) is 10.5. The second kappa shape index (κ2) is 12.0. The predicted molar refractivity (Wildman–Crippen MR) is 118 cm³/mol. The maximum Gasteiger partial charge on any atom is 0.216 e. The fourth-order valence-corrected chi connectivity index (χ4v) is 3.43. The normalized spacial score (nSPS) is 14.9. The molecular weight excluding hydrogens is 455 g/mol. The predicted octanol–water partition coefficient (Wildman–Crippen LogP) is 3.75. The number of hydrogen-bond donors (Lipinski definition) is 3. The molecule has 0 aliphatic heterocycles. The highest BCUT2D eigenvalue weighted by Crippen LogP contribution is 2.28. The van der Waals surface area contributed by atoms with E-state index in [0.717, 1.165) is 43.8 Å². The Labute approximate surface area is 178 Å². The summed E-state index contributed by atoms with van der Waals surface area (Å²) in [6.45, 7) is 4.58. The highest BCUT2D eigenvalue weighted by atomic mass is 127. The Morgan fingerprint density at radius 1 is 1.33 bits per heavy atom. The number of aromatic nitrogens is 3. The summed E-state index contributed by atoms with van der Waals surface area (Å²) in [5, 5.41) is 13.8. The van der Waals surface area contributed by atoms with Crippen LogP contribution in [0, 0.1) is 5.92 Å². The molecular formula is C19H31IN6O. The first-order valence-electron chi connectivity index (χ1n) is 9.82. The monoisotopic (exact) mass is 486 g/mol. The minimum Gasteiger partial charge on any atom is -0.461 e. The number of hydrogen-bond acceptors (Lipinski definition) is 4. The van der Waals surface area contributed by atoms with Crippen LogP contribution in [0.3, 0.4) is 0 Å². The lowest BCUT2D eigenvalue weighted by molar-refractivity contribution is 0.487. The van der Waals surface area contributed by atoms with E-state index >= 15 is 0 Å². The van der Waals surface area contributed by atoms with Crippen molar-refractivity contribution in [3.05, 3.63) is 24.2 Å². The lowest BCUT2D eigenvalue weighted by atomic mass is 10.0. The van der Waals surface area contributed by atoms with Gasteiger partial charge in [0.15, 0.2) is 11.7 Å². The summed E-state index contributed by atoms with van der Waals surface area (Å²) in [5.74, 6) is 3.93. The van der Waals surface area contributed by atoms with Crippen LogP contribution in [0.2, 0.25) is 0 Å². The number of nitrogens with zero attached hydrogens (tertiary/aromatic N) is 3. The topological polar surface area (TPSA) is 91.1 Å². The third-order valence-electron chi connectivity index (χ3n) is 4.79. The van der Waals surface area contributed by atoms with Gasteiger partial charge in [0.1, 0.15) is 5.82 Å². The van der Waals surface area contributed by atoms with Gasteiger partial charge < -0.3 is 15.1 Å². The molecule has 3 rings (SSSR count). The molecule has 150 valence electrons. The van der Waals surface area contributed by atoms with E-state index in [1.807, 2.05) is 12.1 Å². The number of H-pyrrole nitrogens is 1. The van der Waals surface area contributed by atoms with Gasteiger partial charge in [0.05, 0.1) is 6.26 Å². The smallest absolute Gasteiger partial charge is 0.216 e. The first-order chi connectivity index (χ1) is 12.8. The molecule has 2 aromatic rings. The number of rotatable bonds is 9. The van der Waals surface area contributed by atoms with E-state index in [-0.39, 0.29) is 24.0 Å². The van der Waals surface area contributed by atoms with E-state index in [1.165, 1.54) is 38.5 Å². The molecule has 27 heavy (non-hydrogen) atoms. The number of furan rings is 1. The van der Waals surface area contributed by atoms with E-state index in [9.17, 15) is 0 Å². The molecule has 8 heteroatoms. The Bertz CT molecular complexity index is 664. The summed E-state index contributed by atoms with van der Waals surface area (Å²) in [7, 11) is 0. The van der Waals surface area contributed by atoms with Crippen LogP contribution in [0.4, 0.5) is 0 Å². The number of halogens is 1. The average Bonchev–Trinajstić information content (AvgIpc) is 3.40. The molecule has 1 saturated carbocycles. The third-order valence-corrected chi connectivity index (χ3v) is 4.79. The van der Waals surface area contributed by atoms with Crippen LogP contribution < -0.4 is 10.6 Å². The zero-order valence-corrected chi connectivity index (χ0v) is 18.4. The summed E-state index contributed by atoms with van der Waals surface area (Å²) < 4.78 is 5.31. The first kappa shape index (κ1) is 21.7. The van der Waals surface area contributed by atoms with E-state index in [1.54, 1.807) is 6.26 Å². The molecule has 3 N–H and O–H groups in total. The molecule has 0 atom stereocenters. The first-order valence-corrected chi connectivity index (χ1v) is 9.82. The number of aliphatic imine (C=N–C) groups is 1. The van der Waals surface area contributed by atoms with Crippen LogP contribution in [0.1, 0.15) is 51.3 Å². The van der Waals surface area contributed by atoms with Gasteiger partial charge in [-0.1, -0.05) is 25.7 Å². The molecule has 0 saturated heterocycles. The molecule has 0 spiro atoms. The summed E-state index contributed by atoms with van der Waals surface area (Å²) >= 11 is 0. The van der Waals surface area contributed by atoms with Gasteiger partial charge in [0.2, 0.25) is 5.82 Å². The maximum absolute atomic E-state index is 5.31. The number of guanidine groups is 1. The summed E-state index contributed by atoms with van der Waals surface area (Å²) in [4.78, 5) is 9.14. The van der Waals surface area contributed by atoms with Crippen LogP contribution in [0.25, 0.3) is 11.6 Å². The second-order valence-electron chi connectivity index (χ2n) is 6.81. The minimum absolute atomic E-state index is 0. The van der Waals surface area contributed by atoms with Crippen molar-refractivity contribution in [2.75, 3.05) is 19.6 Å². The minimum atomic E-state index is 0.